The zero-order valence-electron chi connectivity index (χ0n) is 28.1. The summed E-state index contributed by atoms with van der Waals surface area (Å²) in [5.74, 6) is 0. The second-order valence-electron chi connectivity index (χ2n) is 14.0. The molecule has 0 fully saturated rings. The van der Waals surface area contributed by atoms with Gasteiger partial charge in [0.1, 0.15) is 0 Å². The average molecular weight is 676 g/mol. The molecule has 2 aliphatic rings. The molecule has 0 saturated heterocycles. The monoisotopic (exact) mass is 675 g/mol. The quantitative estimate of drug-likeness (QED) is 0.163. The Labute approximate surface area is 303 Å². The lowest BCUT2D eigenvalue weighted by Crippen LogP contribution is -1.95. The van der Waals surface area contributed by atoms with Crippen LogP contribution in [0.2, 0.25) is 0 Å². The largest absolute Gasteiger partial charge is 0.308 e. The van der Waals surface area contributed by atoms with Gasteiger partial charge in [0.05, 0.1) is 15.7 Å². The first kappa shape index (κ1) is 28.2. The standard InChI is InChI=1S/C50H29NS/c1-4-16-34-31(13-1)32-14-2-5-17-35(32)40-23-12-24-41-44-29-30(51-45-25-9-7-19-42(45)50-49(51)43-20-8-10-26-46(43)52-50)27-28-37(44)33-15-3-6-18-36(33)39-22-11-21-38(34)47(39)48(40)41/h1-29H. The van der Waals surface area contributed by atoms with Gasteiger partial charge in [0, 0.05) is 21.2 Å². The Morgan fingerprint density at radius 1 is 0.308 bits per heavy atom. The molecule has 0 N–H and O–H groups in total. The molecule has 0 atom stereocenters. The summed E-state index contributed by atoms with van der Waals surface area (Å²) in [6.45, 7) is 0. The van der Waals surface area contributed by atoms with Gasteiger partial charge in [-0.1, -0.05) is 152 Å². The molecular weight excluding hydrogens is 647 g/mol. The van der Waals surface area contributed by atoms with Crippen molar-refractivity contribution in [1.82, 2.24) is 4.57 Å². The third kappa shape index (κ3) is 3.72. The number of aromatic nitrogens is 1. The molecule has 2 aromatic heterocycles. The maximum atomic E-state index is 2.51. The van der Waals surface area contributed by atoms with E-state index < -0.39 is 0 Å². The summed E-state index contributed by atoms with van der Waals surface area (Å²) in [6, 6.07) is 65.7. The second-order valence-corrected chi connectivity index (χ2v) is 15.0. The Bertz CT molecular complexity index is 3460. The van der Waals surface area contributed by atoms with Crippen LogP contribution in [-0.4, -0.2) is 4.57 Å². The van der Waals surface area contributed by atoms with Gasteiger partial charge in [-0.3, -0.25) is 0 Å². The minimum absolute atomic E-state index is 1.18. The van der Waals surface area contributed by atoms with Crippen LogP contribution >= 0.6 is 11.3 Å². The summed E-state index contributed by atoms with van der Waals surface area (Å²) in [4.78, 5) is 0. The van der Waals surface area contributed by atoms with E-state index in [9.17, 15) is 0 Å². The number of rotatable bonds is 1. The van der Waals surface area contributed by atoms with E-state index in [-0.39, 0.29) is 0 Å². The first-order valence-electron chi connectivity index (χ1n) is 17.9. The third-order valence-electron chi connectivity index (χ3n) is 11.3. The van der Waals surface area contributed by atoms with E-state index in [0.717, 1.165) is 0 Å². The highest BCUT2D eigenvalue weighted by Crippen LogP contribution is 2.48. The molecule has 0 saturated carbocycles. The molecule has 240 valence electrons. The molecule has 10 aromatic rings. The zero-order chi connectivity index (χ0) is 33.9. The van der Waals surface area contributed by atoms with E-state index in [1.807, 2.05) is 11.3 Å². The topological polar surface area (TPSA) is 4.93 Å². The average Bonchev–Trinajstić information content (AvgIpc) is 3.74. The van der Waals surface area contributed by atoms with Gasteiger partial charge in [-0.05, 0) is 100 Å². The molecule has 0 radical (unpaired) electrons. The van der Waals surface area contributed by atoms with E-state index in [1.54, 1.807) is 0 Å². The van der Waals surface area contributed by atoms with Crippen molar-refractivity contribution in [3.05, 3.63) is 176 Å². The van der Waals surface area contributed by atoms with Gasteiger partial charge < -0.3 is 4.57 Å². The lowest BCUT2D eigenvalue weighted by Gasteiger charge is -2.20. The van der Waals surface area contributed by atoms with Gasteiger partial charge in [0.25, 0.3) is 0 Å². The van der Waals surface area contributed by atoms with Crippen molar-refractivity contribution in [1.29, 1.82) is 0 Å². The molecule has 52 heavy (non-hydrogen) atoms. The van der Waals surface area contributed by atoms with Gasteiger partial charge in [-0.25, -0.2) is 0 Å². The molecular formula is C50H29NS. The van der Waals surface area contributed by atoms with Gasteiger partial charge in [0.15, 0.2) is 0 Å². The Hall–Kier alpha value is -6.48. The lowest BCUT2D eigenvalue weighted by molar-refractivity contribution is 1.19. The molecule has 0 aliphatic heterocycles. The summed E-state index contributed by atoms with van der Waals surface area (Å²) in [6.07, 6.45) is 0. The summed E-state index contributed by atoms with van der Waals surface area (Å²) in [5.41, 5.74) is 6.30. The summed E-state index contributed by atoms with van der Waals surface area (Å²) in [5, 5.41) is 17.8. The van der Waals surface area contributed by atoms with Gasteiger partial charge >= 0.3 is 0 Å². The number of hydrogen-bond acceptors (Lipinski definition) is 1. The highest BCUT2D eigenvalue weighted by atomic mass is 32.1. The number of benzene rings is 8. The van der Waals surface area contributed by atoms with Crippen molar-refractivity contribution in [2.45, 2.75) is 0 Å². The van der Waals surface area contributed by atoms with Crippen molar-refractivity contribution in [3.63, 3.8) is 0 Å². The minimum atomic E-state index is 1.18. The fraction of sp³-hybridized carbons (Fsp3) is 0. The predicted molar refractivity (Wildman–Crippen MR) is 227 cm³/mol. The highest BCUT2D eigenvalue weighted by Gasteiger charge is 2.21. The zero-order valence-corrected chi connectivity index (χ0v) is 28.9. The van der Waals surface area contributed by atoms with Gasteiger partial charge in [-0.15, -0.1) is 11.3 Å². The van der Waals surface area contributed by atoms with Crippen molar-refractivity contribution in [2.24, 2.45) is 0 Å². The molecule has 0 spiro atoms. The van der Waals surface area contributed by atoms with Gasteiger partial charge in [0.2, 0.25) is 0 Å². The van der Waals surface area contributed by atoms with Crippen LogP contribution in [0.4, 0.5) is 0 Å². The summed E-state index contributed by atoms with van der Waals surface area (Å²) in [7, 11) is 0. The van der Waals surface area contributed by atoms with Crippen LogP contribution in [0.3, 0.4) is 0 Å². The Morgan fingerprint density at radius 3 is 1.27 bits per heavy atom. The first-order valence-corrected chi connectivity index (χ1v) is 18.8. The number of para-hydroxylation sites is 1. The SMILES string of the molecule is c1ccc2c(c1)sc1c3ccccc3n(-c3ccc4c(c3)c3cccc5c3-c3c(cccc3c3ccccc34)c3ccccc3c3ccccc53)c21. The van der Waals surface area contributed by atoms with E-state index in [4.69, 9.17) is 0 Å². The van der Waals surface area contributed by atoms with Crippen molar-refractivity contribution >= 4 is 107 Å². The smallest absolute Gasteiger partial charge is 0.0727 e. The third-order valence-corrected chi connectivity index (χ3v) is 12.5. The molecule has 0 unspecified atom stereocenters. The van der Waals surface area contributed by atoms with Crippen LogP contribution in [0, 0.1) is 0 Å². The number of hydrogen-bond donors (Lipinski definition) is 0. The van der Waals surface area contributed by atoms with E-state index >= 15 is 0 Å². The van der Waals surface area contributed by atoms with Crippen LogP contribution in [0.5, 0.6) is 0 Å². The lowest BCUT2D eigenvalue weighted by atomic mass is 9.84. The summed E-state index contributed by atoms with van der Waals surface area (Å²) >= 11 is 1.90. The van der Waals surface area contributed by atoms with E-state index in [1.165, 1.54) is 113 Å². The molecule has 1 nitrogen and oxygen atoms in total. The Balaban J connectivity index is 1.37. The van der Waals surface area contributed by atoms with E-state index in [2.05, 4.69) is 180 Å². The first-order chi connectivity index (χ1) is 25.8. The second kappa shape index (κ2) is 10.5. The molecule has 0 bridgehead atoms. The van der Waals surface area contributed by atoms with E-state index in [0.29, 0.717) is 0 Å². The highest BCUT2D eigenvalue weighted by molar-refractivity contribution is 7.26. The van der Waals surface area contributed by atoms with Crippen molar-refractivity contribution < 1.29 is 0 Å². The maximum absolute atomic E-state index is 2.51. The van der Waals surface area contributed by atoms with Crippen LogP contribution < -0.4 is 0 Å². The van der Waals surface area contributed by atoms with Crippen LogP contribution in [0.25, 0.3) is 113 Å². The maximum Gasteiger partial charge on any atom is 0.0727 e. The molecule has 12 rings (SSSR count). The number of nitrogens with zero attached hydrogens (tertiary/aromatic N) is 1. The van der Waals surface area contributed by atoms with Crippen molar-refractivity contribution in [3.8, 4) is 16.8 Å². The summed E-state index contributed by atoms with van der Waals surface area (Å²) < 4.78 is 5.17. The molecule has 8 aromatic carbocycles. The van der Waals surface area contributed by atoms with Crippen LogP contribution in [0.15, 0.2) is 176 Å². The normalized spacial score (nSPS) is 12.2. The molecule has 2 heteroatoms. The Kier molecular flexibility index (Phi) is 5.71. The molecule has 2 heterocycles. The fourth-order valence-corrected chi connectivity index (χ4v) is 10.4. The fourth-order valence-electron chi connectivity index (χ4n) is 9.21. The molecule has 2 aliphatic carbocycles. The number of fused-ring (bicyclic) bond motifs is 15. The van der Waals surface area contributed by atoms with Crippen LogP contribution in [0.1, 0.15) is 0 Å². The van der Waals surface area contributed by atoms with Crippen LogP contribution in [-0.2, 0) is 0 Å². The van der Waals surface area contributed by atoms with Gasteiger partial charge in [-0.2, -0.15) is 0 Å². The van der Waals surface area contributed by atoms with Crippen molar-refractivity contribution in [2.75, 3.05) is 0 Å². The Morgan fingerprint density at radius 2 is 0.712 bits per heavy atom. The predicted octanol–water partition coefficient (Wildman–Crippen LogP) is 14.6. The molecule has 0 amide bonds. The minimum Gasteiger partial charge on any atom is -0.308 e. The number of thiophene rings is 1.